The van der Waals surface area contributed by atoms with Crippen LogP contribution in [0, 0.1) is 5.92 Å². The molecule has 3 aromatic rings. The summed E-state index contributed by atoms with van der Waals surface area (Å²) >= 11 is 0. The van der Waals surface area contributed by atoms with Gasteiger partial charge in [0, 0.05) is 42.2 Å². The third-order valence-electron chi connectivity index (χ3n) is 6.42. The molecule has 1 saturated carbocycles. The molecule has 1 amide bonds. The molecule has 0 spiro atoms. The molecule has 2 aliphatic rings. The number of ether oxygens (including phenoxy) is 1. The monoisotopic (exact) mass is 442 g/mol. The van der Waals surface area contributed by atoms with Crippen molar-refractivity contribution in [2.24, 2.45) is 5.92 Å². The first-order chi connectivity index (χ1) is 15.4. The van der Waals surface area contributed by atoms with Gasteiger partial charge in [0.1, 0.15) is 12.0 Å². The minimum Gasteiger partial charge on any atom is -0.481 e. The van der Waals surface area contributed by atoms with Gasteiger partial charge in [0.05, 0.1) is 12.8 Å². The zero-order chi connectivity index (χ0) is 22.4. The number of aromatic nitrogens is 5. The van der Waals surface area contributed by atoms with Gasteiger partial charge >= 0.3 is 0 Å². The van der Waals surface area contributed by atoms with Gasteiger partial charge in [-0.3, -0.25) is 4.79 Å². The highest BCUT2D eigenvalue weighted by molar-refractivity contribution is 5.94. The lowest BCUT2D eigenvalue weighted by Crippen LogP contribution is -2.42. The molecule has 5 rings (SSSR count). The molecule has 0 N–H and O–H groups in total. The number of hydrogen-bond acceptors (Lipinski definition) is 6. The van der Waals surface area contributed by atoms with Crippen LogP contribution in [0.4, 0.5) is 8.78 Å². The Kier molecular flexibility index (Phi) is 5.22. The second kappa shape index (κ2) is 8.07. The number of alkyl halides is 2. The number of amides is 1. The third kappa shape index (κ3) is 3.78. The summed E-state index contributed by atoms with van der Waals surface area (Å²) in [5, 5.41) is 4.19. The molecule has 1 aliphatic heterocycles. The van der Waals surface area contributed by atoms with Crippen molar-refractivity contribution in [2.75, 3.05) is 20.2 Å². The summed E-state index contributed by atoms with van der Waals surface area (Å²) in [6, 6.07) is 4.91. The molecular weight excluding hydrogens is 418 g/mol. The van der Waals surface area contributed by atoms with E-state index in [1.807, 2.05) is 6.07 Å². The summed E-state index contributed by atoms with van der Waals surface area (Å²) in [7, 11) is 1.54. The number of methoxy groups -OCH3 is 1. The number of fused-ring (bicyclic) bond motifs is 1. The van der Waals surface area contributed by atoms with Crippen molar-refractivity contribution in [2.45, 2.75) is 44.4 Å². The van der Waals surface area contributed by atoms with Gasteiger partial charge in [-0.25, -0.2) is 23.3 Å². The number of likely N-dealkylation sites (tertiary alicyclic amines) is 1. The average molecular weight is 442 g/mol. The first-order valence-corrected chi connectivity index (χ1v) is 10.8. The Morgan fingerprint density at radius 3 is 2.72 bits per heavy atom. The summed E-state index contributed by atoms with van der Waals surface area (Å²) < 4.78 is 33.7. The fourth-order valence-electron chi connectivity index (χ4n) is 4.39. The smallest absolute Gasteiger partial charge is 0.280 e. The maximum absolute atomic E-state index is 13.4. The average Bonchev–Trinajstić information content (AvgIpc) is 3.55. The Morgan fingerprint density at radius 2 is 2.00 bits per heavy atom. The zero-order valence-corrected chi connectivity index (χ0v) is 17.9. The van der Waals surface area contributed by atoms with Crippen LogP contribution in [0.25, 0.3) is 5.78 Å². The van der Waals surface area contributed by atoms with Gasteiger partial charge < -0.3 is 9.64 Å². The maximum atomic E-state index is 13.4. The standard InChI is InChI=1S/C22H24F2N6O2/c1-12-5-6-29(21(31)14-7-16(13-3-4-13)27-19(8-14)32-2)10-15(12)18-9-17(20(23)24)28-22-25-11-26-30(18)22/h7-9,11-13,15,20H,3-6,10H2,1-2H3/t12?,15-/m1/s1. The molecule has 1 unspecified atom stereocenters. The molecule has 1 saturated heterocycles. The molecule has 3 aromatic heterocycles. The second-order valence-electron chi connectivity index (χ2n) is 8.60. The maximum Gasteiger partial charge on any atom is 0.280 e. The van der Waals surface area contributed by atoms with Crippen LogP contribution in [-0.4, -0.2) is 55.6 Å². The Hall–Kier alpha value is -3.17. The molecule has 4 heterocycles. The van der Waals surface area contributed by atoms with Crippen molar-refractivity contribution in [3.05, 3.63) is 47.2 Å². The summed E-state index contributed by atoms with van der Waals surface area (Å²) in [6.07, 6.45) is 1.48. The number of pyridine rings is 1. The molecule has 32 heavy (non-hydrogen) atoms. The van der Waals surface area contributed by atoms with Crippen LogP contribution in [0.2, 0.25) is 0 Å². The van der Waals surface area contributed by atoms with Crippen molar-refractivity contribution in [1.29, 1.82) is 0 Å². The van der Waals surface area contributed by atoms with E-state index in [-0.39, 0.29) is 29.2 Å². The van der Waals surface area contributed by atoms with Gasteiger partial charge in [-0.05, 0) is 37.3 Å². The molecule has 10 heteroatoms. The Bertz CT molecular complexity index is 1160. The highest BCUT2D eigenvalue weighted by Gasteiger charge is 2.34. The Balaban J connectivity index is 1.47. The van der Waals surface area contributed by atoms with E-state index in [1.54, 1.807) is 18.1 Å². The molecule has 0 radical (unpaired) electrons. The number of piperidine rings is 1. The van der Waals surface area contributed by atoms with Crippen molar-refractivity contribution in [3.8, 4) is 5.88 Å². The molecule has 0 aromatic carbocycles. The lowest BCUT2D eigenvalue weighted by Gasteiger charge is -2.37. The van der Waals surface area contributed by atoms with Crippen molar-refractivity contribution >= 4 is 11.7 Å². The van der Waals surface area contributed by atoms with Gasteiger partial charge in [-0.15, -0.1) is 0 Å². The zero-order valence-electron chi connectivity index (χ0n) is 17.9. The van der Waals surface area contributed by atoms with E-state index >= 15 is 0 Å². The highest BCUT2D eigenvalue weighted by Crippen LogP contribution is 2.40. The van der Waals surface area contributed by atoms with Crippen LogP contribution < -0.4 is 4.74 Å². The summed E-state index contributed by atoms with van der Waals surface area (Å²) in [6.45, 7) is 3.05. The second-order valence-corrected chi connectivity index (χ2v) is 8.60. The van der Waals surface area contributed by atoms with Crippen LogP contribution in [0.5, 0.6) is 5.88 Å². The Morgan fingerprint density at radius 1 is 1.19 bits per heavy atom. The molecule has 8 nitrogen and oxygen atoms in total. The molecule has 2 atom stereocenters. The quantitative estimate of drug-likeness (QED) is 0.600. The molecule has 1 aliphatic carbocycles. The number of carbonyl (C=O) groups is 1. The molecule has 2 fully saturated rings. The van der Waals surface area contributed by atoms with Crippen LogP contribution >= 0.6 is 0 Å². The Labute approximate surface area is 183 Å². The van der Waals surface area contributed by atoms with E-state index < -0.39 is 6.43 Å². The largest absolute Gasteiger partial charge is 0.481 e. The number of rotatable bonds is 5. The van der Waals surface area contributed by atoms with Gasteiger partial charge in [0.15, 0.2) is 0 Å². The lowest BCUT2D eigenvalue weighted by atomic mass is 9.84. The normalized spacial score (nSPS) is 21.3. The number of hydrogen-bond donors (Lipinski definition) is 0. The topological polar surface area (TPSA) is 85.5 Å². The first kappa shape index (κ1) is 20.7. The van der Waals surface area contributed by atoms with Crippen molar-refractivity contribution in [1.82, 2.24) is 29.5 Å². The van der Waals surface area contributed by atoms with E-state index in [9.17, 15) is 13.6 Å². The summed E-state index contributed by atoms with van der Waals surface area (Å²) in [4.78, 5) is 27.6. The predicted octanol–water partition coefficient (Wildman–Crippen LogP) is 3.61. The van der Waals surface area contributed by atoms with Gasteiger partial charge in [0.2, 0.25) is 5.88 Å². The fraction of sp³-hybridized carbons (Fsp3) is 0.500. The highest BCUT2D eigenvalue weighted by atomic mass is 19.3. The van der Waals surface area contributed by atoms with Crippen LogP contribution in [0.3, 0.4) is 0 Å². The summed E-state index contributed by atoms with van der Waals surface area (Å²) in [5.41, 5.74) is 1.69. The third-order valence-corrected chi connectivity index (χ3v) is 6.42. The minimum atomic E-state index is -2.71. The van der Waals surface area contributed by atoms with Gasteiger partial charge in [-0.1, -0.05) is 6.92 Å². The van der Waals surface area contributed by atoms with Gasteiger partial charge in [-0.2, -0.15) is 10.1 Å². The van der Waals surface area contributed by atoms with E-state index in [1.165, 1.54) is 16.9 Å². The van der Waals surface area contributed by atoms with E-state index in [2.05, 4.69) is 27.0 Å². The van der Waals surface area contributed by atoms with Crippen molar-refractivity contribution in [3.63, 3.8) is 0 Å². The minimum absolute atomic E-state index is 0.109. The van der Waals surface area contributed by atoms with Crippen molar-refractivity contribution < 1.29 is 18.3 Å². The molecular formula is C22H24F2N6O2. The SMILES string of the molecule is COc1cc(C(=O)N2CCC(C)[C@H](c3cc(C(F)F)nc4ncnn34)C2)cc(C2CC2)n1. The predicted molar refractivity (Wildman–Crippen MR) is 111 cm³/mol. The fourth-order valence-corrected chi connectivity index (χ4v) is 4.39. The van der Waals surface area contributed by atoms with Gasteiger partial charge in [0.25, 0.3) is 18.1 Å². The molecule has 168 valence electrons. The van der Waals surface area contributed by atoms with E-state index in [4.69, 9.17) is 4.74 Å². The number of nitrogens with zero attached hydrogens (tertiary/aromatic N) is 6. The lowest BCUT2D eigenvalue weighted by molar-refractivity contribution is 0.0664. The van der Waals surface area contributed by atoms with Crippen LogP contribution in [-0.2, 0) is 0 Å². The summed E-state index contributed by atoms with van der Waals surface area (Å²) in [5.74, 6) is 0.844. The van der Waals surface area contributed by atoms with Crippen LogP contribution in [0.1, 0.15) is 71.9 Å². The molecule has 0 bridgehead atoms. The van der Waals surface area contributed by atoms with E-state index in [0.29, 0.717) is 36.1 Å². The van der Waals surface area contributed by atoms with E-state index in [0.717, 1.165) is 25.0 Å². The first-order valence-electron chi connectivity index (χ1n) is 10.8. The van der Waals surface area contributed by atoms with Crippen LogP contribution in [0.15, 0.2) is 24.5 Å². The number of carbonyl (C=O) groups excluding carboxylic acids is 1. The number of halogens is 2.